The van der Waals surface area contributed by atoms with Crippen molar-refractivity contribution in [3.63, 3.8) is 0 Å². The number of nitrogens with zero attached hydrogens (tertiary/aromatic N) is 1. The average molecular weight is 330 g/mol. The summed E-state index contributed by atoms with van der Waals surface area (Å²) in [6.07, 6.45) is 2.17. The minimum absolute atomic E-state index is 1.20. The number of hydrogen-bond acceptors (Lipinski definition) is 1. The van der Waals surface area contributed by atoms with E-state index < -0.39 is 0 Å². The van der Waals surface area contributed by atoms with E-state index >= 15 is 0 Å². The van der Waals surface area contributed by atoms with Gasteiger partial charge >= 0.3 is 0 Å². The molecule has 2 heteroatoms. The molecule has 0 unspecified atom stereocenters. The molecule has 0 aliphatic heterocycles. The summed E-state index contributed by atoms with van der Waals surface area (Å²) in [5, 5.41) is 2.65. The van der Waals surface area contributed by atoms with Crippen LogP contribution in [0.1, 0.15) is 11.1 Å². The molecule has 24 heavy (non-hydrogen) atoms. The molecule has 0 bridgehead atoms. The molecule has 1 heterocycles. The van der Waals surface area contributed by atoms with Gasteiger partial charge in [0.05, 0.1) is 10.8 Å². The Morgan fingerprint density at radius 3 is 1.75 bits per heavy atom. The van der Waals surface area contributed by atoms with E-state index in [2.05, 4.69) is 91.4 Å². The Balaban J connectivity index is 2.27. The van der Waals surface area contributed by atoms with Crippen molar-refractivity contribution in [2.45, 2.75) is 18.7 Å². The van der Waals surface area contributed by atoms with Gasteiger partial charge in [0.1, 0.15) is 0 Å². The molecule has 0 saturated carbocycles. The van der Waals surface area contributed by atoms with Crippen LogP contribution < -0.4 is 4.57 Å². The second kappa shape index (κ2) is 5.95. The maximum Gasteiger partial charge on any atom is 0.220 e. The zero-order chi connectivity index (χ0) is 16.7. The Hall–Kier alpha value is -2.32. The third kappa shape index (κ3) is 2.38. The van der Waals surface area contributed by atoms with Crippen molar-refractivity contribution in [2.75, 3.05) is 6.26 Å². The smallest absolute Gasteiger partial charge is 0.153 e. The van der Waals surface area contributed by atoms with Crippen LogP contribution in [0.25, 0.3) is 27.5 Å². The van der Waals surface area contributed by atoms with E-state index in [1.165, 1.54) is 43.5 Å². The van der Waals surface area contributed by atoms with E-state index in [9.17, 15) is 0 Å². The van der Waals surface area contributed by atoms with Crippen molar-refractivity contribution in [1.29, 1.82) is 0 Å². The van der Waals surface area contributed by atoms with Crippen molar-refractivity contribution in [2.24, 2.45) is 0 Å². The first-order chi connectivity index (χ1) is 11.7. The lowest BCUT2D eigenvalue weighted by Gasteiger charge is -2.11. The third-order valence-electron chi connectivity index (χ3n) is 4.49. The molecule has 4 rings (SSSR count). The minimum atomic E-state index is 1.20. The summed E-state index contributed by atoms with van der Waals surface area (Å²) in [7, 11) is 0. The van der Waals surface area contributed by atoms with E-state index in [4.69, 9.17) is 0 Å². The predicted molar refractivity (Wildman–Crippen MR) is 104 cm³/mol. The number of aromatic nitrogens is 1. The van der Waals surface area contributed by atoms with Crippen molar-refractivity contribution in [1.82, 2.24) is 0 Å². The van der Waals surface area contributed by atoms with Gasteiger partial charge < -0.3 is 0 Å². The van der Waals surface area contributed by atoms with Crippen LogP contribution in [0.15, 0.2) is 71.6 Å². The Bertz CT molecular complexity index is 989. The van der Waals surface area contributed by atoms with Crippen LogP contribution in [0.4, 0.5) is 0 Å². The molecule has 0 N–H and O–H groups in total. The quantitative estimate of drug-likeness (QED) is 0.262. The highest BCUT2D eigenvalue weighted by molar-refractivity contribution is 7.99. The molecule has 118 valence electrons. The monoisotopic (exact) mass is 330 g/mol. The topological polar surface area (TPSA) is 3.88 Å². The molecule has 0 amide bonds. The highest BCUT2D eigenvalue weighted by Gasteiger charge is 2.22. The van der Waals surface area contributed by atoms with Crippen molar-refractivity contribution < 1.29 is 4.57 Å². The van der Waals surface area contributed by atoms with Gasteiger partial charge in [0, 0.05) is 29.2 Å². The molecule has 4 aromatic rings. The fraction of sp³-hybridized carbons (Fsp3) is 0.136. The van der Waals surface area contributed by atoms with Gasteiger partial charge in [-0.3, -0.25) is 0 Å². The lowest BCUT2D eigenvalue weighted by atomic mass is 10.1. The SMILES string of the molecule is CSc1c2cc(C)ccc2[n+](-c2ccccc2)c2ccc(C)cc12. The first-order valence-corrected chi connectivity index (χ1v) is 9.39. The molecular weight excluding hydrogens is 310 g/mol. The van der Waals surface area contributed by atoms with Crippen molar-refractivity contribution >= 4 is 33.6 Å². The Morgan fingerprint density at radius 2 is 1.25 bits per heavy atom. The normalized spacial score (nSPS) is 11.3. The van der Waals surface area contributed by atoms with Gasteiger partial charge in [-0.15, -0.1) is 11.8 Å². The third-order valence-corrected chi connectivity index (χ3v) is 5.34. The second-order valence-corrected chi connectivity index (χ2v) is 7.06. The van der Waals surface area contributed by atoms with Crippen LogP contribution in [-0.4, -0.2) is 6.26 Å². The number of pyridine rings is 1. The van der Waals surface area contributed by atoms with Gasteiger partial charge in [0.15, 0.2) is 0 Å². The highest BCUT2D eigenvalue weighted by atomic mass is 32.2. The fourth-order valence-corrected chi connectivity index (χ4v) is 4.17. The summed E-state index contributed by atoms with van der Waals surface area (Å²) < 4.78 is 2.38. The van der Waals surface area contributed by atoms with Gasteiger partial charge in [-0.25, -0.2) is 0 Å². The van der Waals surface area contributed by atoms with E-state index in [0.717, 1.165) is 0 Å². The molecule has 0 spiro atoms. The van der Waals surface area contributed by atoms with Crippen LogP contribution in [-0.2, 0) is 0 Å². The number of para-hydroxylation sites is 1. The van der Waals surface area contributed by atoms with Crippen LogP contribution in [0, 0.1) is 13.8 Å². The standard InChI is InChI=1S/C22H20NS/c1-15-9-11-20-18(13-15)22(24-3)19-14-16(2)10-12-21(19)23(20)17-7-5-4-6-8-17/h4-14H,1-3H3/q+1. The molecule has 0 radical (unpaired) electrons. The Kier molecular flexibility index (Phi) is 3.78. The Labute approximate surface area is 146 Å². The summed E-state index contributed by atoms with van der Waals surface area (Å²) >= 11 is 1.84. The largest absolute Gasteiger partial charge is 0.220 e. The molecule has 1 nitrogen and oxygen atoms in total. The van der Waals surface area contributed by atoms with Crippen LogP contribution in [0.2, 0.25) is 0 Å². The number of fused-ring (bicyclic) bond motifs is 2. The molecule has 1 aromatic heterocycles. The second-order valence-electron chi connectivity index (χ2n) is 6.25. The van der Waals surface area contributed by atoms with E-state index in [1.54, 1.807) is 0 Å². The van der Waals surface area contributed by atoms with E-state index in [-0.39, 0.29) is 0 Å². The number of benzene rings is 3. The molecule has 0 aliphatic carbocycles. The van der Waals surface area contributed by atoms with Gasteiger partial charge in [-0.1, -0.05) is 41.5 Å². The number of thioether (sulfide) groups is 1. The zero-order valence-electron chi connectivity index (χ0n) is 14.2. The minimum Gasteiger partial charge on any atom is -0.153 e. The maximum atomic E-state index is 2.38. The van der Waals surface area contributed by atoms with Crippen molar-refractivity contribution in [3.8, 4) is 5.69 Å². The first kappa shape index (κ1) is 15.2. The van der Waals surface area contributed by atoms with Crippen LogP contribution in [0.5, 0.6) is 0 Å². The highest BCUT2D eigenvalue weighted by Crippen LogP contribution is 2.33. The summed E-state index contributed by atoms with van der Waals surface area (Å²) in [5.74, 6) is 0. The first-order valence-electron chi connectivity index (χ1n) is 8.17. The average Bonchev–Trinajstić information content (AvgIpc) is 2.60. The maximum absolute atomic E-state index is 2.38. The zero-order valence-corrected chi connectivity index (χ0v) is 15.0. The summed E-state index contributed by atoms with van der Waals surface area (Å²) in [5.41, 5.74) is 6.31. The number of aryl methyl sites for hydroxylation is 2. The lowest BCUT2D eigenvalue weighted by Crippen LogP contribution is -2.33. The predicted octanol–water partition coefficient (Wildman–Crippen LogP) is 5.61. The lowest BCUT2D eigenvalue weighted by molar-refractivity contribution is -0.538. The molecule has 3 aromatic carbocycles. The van der Waals surface area contributed by atoms with Crippen LogP contribution >= 0.6 is 11.8 Å². The molecule has 0 atom stereocenters. The molecular formula is C22H20NS+. The van der Waals surface area contributed by atoms with E-state index in [0.29, 0.717) is 0 Å². The number of hydrogen-bond donors (Lipinski definition) is 0. The van der Waals surface area contributed by atoms with Gasteiger partial charge in [-0.05, 0) is 32.2 Å². The van der Waals surface area contributed by atoms with Gasteiger partial charge in [0.2, 0.25) is 16.7 Å². The Morgan fingerprint density at radius 1 is 0.708 bits per heavy atom. The number of rotatable bonds is 2. The fourth-order valence-electron chi connectivity index (χ4n) is 3.40. The van der Waals surface area contributed by atoms with E-state index in [1.807, 2.05) is 11.8 Å². The molecule has 0 aliphatic rings. The summed E-state index contributed by atoms with van der Waals surface area (Å²) in [4.78, 5) is 1.36. The summed E-state index contributed by atoms with van der Waals surface area (Å²) in [6.45, 7) is 4.33. The van der Waals surface area contributed by atoms with Gasteiger partial charge in [-0.2, -0.15) is 4.57 Å². The molecule has 0 saturated heterocycles. The van der Waals surface area contributed by atoms with Crippen molar-refractivity contribution in [3.05, 3.63) is 77.9 Å². The van der Waals surface area contributed by atoms with Crippen LogP contribution in [0.3, 0.4) is 0 Å². The molecule has 0 fully saturated rings. The van der Waals surface area contributed by atoms with Gasteiger partial charge in [0.25, 0.3) is 0 Å². The summed E-state index contributed by atoms with van der Waals surface area (Å²) in [6, 6.07) is 24.1.